The molecule has 3 aliphatic rings. The van der Waals surface area contributed by atoms with Crippen molar-refractivity contribution >= 4 is 11.9 Å². The second kappa shape index (κ2) is 8.76. The molecular formula is C26H27N3O3. The maximum atomic E-state index is 12.9. The van der Waals surface area contributed by atoms with Crippen molar-refractivity contribution in [3.63, 3.8) is 0 Å². The van der Waals surface area contributed by atoms with Gasteiger partial charge in [-0.05, 0) is 54.5 Å². The van der Waals surface area contributed by atoms with Crippen molar-refractivity contribution < 1.29 is 14.3 Å². The number of carbonyl (C=O) groups excluding carboxylic acids is 2. The van der Waals surface area contributed by atoms with E-state index >= 15 is 0 Å². The Bertz CT molecular complexity index is 1100. The molecule has 1 unspecified atom stereocenters. The SMILES string of the molecule is N#Cc1cccc2c1CCCC2CN1CCN(CCc2ccc3c(c2)COC3=O)CC1=O. The van der Waals surface area contributed by atoms with Gasteiger partial charge in [0, 0.05) is 37.7 Å². The zero-order chi connectivity index (χ0) is 22.1. The summed E-state index contributed by atoms with van der Waals surface area (Å²) >= 11 is 0. The molecular weight excluding hydrogens is 402 g/mol. The number of ether oxygens (including phenoxy) is 1. The predicted octanol–water partition coefficient (Wildman–Crippen LogP) is 3.04. The molecule has 1 aliphatic carbocycles. The van der Waals surface area contributed by atoms with Crippen LogP contribution < -0.4 is 0 Å². The molecule has 0 N–H and O–H groups in total. The highest BCUT2D eigenvalue weighted by Crippen LogP contribution is 2.34. The minimum atomic E-state index is -0.238. The minimum Gasteiger partial charge on any atom is -0.457 e. The van der Waals surface area contributed by atoms with Gasteiger partial charge in [0.2, 0.25) is 5.91 Å². The summed E-state index contributed by atoms with van der Waals surface area (Å²) in [5.41, 5.74) is 6.02. The zero-order valence-corrected chi connectivity index (χ0v) is 18.2. The molecule has 1 fully saturated rings. The number of hydrogen-bond donors (Lipinski definition) is 0. The lowest BCUT2D eigenvalue weighted by Gasteiger charge is -2.37. The lowest BCUT2D eigenvalue weighted by atomic mass is 9.80. The van der Waals surface area contributed by atoms with Gasteiger partial charge in [0.05, 0.1) is 23.7 Å². The molecule has 1 saturated heterocycles. The second-order valence-electron chi connectivity index (χ2n) is 9.01. The largest absolute Gasteiger partial charge is 0.457 e. The third-order valence-corrected chi connectivity index (χ3v) is 7.06. The molecule has 5 rings (SSSR count). The lowest BCUT2D eigenvalue weighted by Crippen LogP contribution is -2.51. The highest BCUT2D eigenvalue weighted by Gasteiger charge is 2.29. The quantitative estimate of drug-likeness (QED) is 0.683. The number of esters is 1. The Kier molecular flexibility index (Phi) is 5.67. The molecule has 32 heavy (non-hydrogen) atoms. The number of hydrogen-bond acceptors (Lipinski definition) is 5. The number of benzene rings is 2. The molecule has 6 nitrogen and oxygen atoms in total. The topological polar surface area (TPSA) is 73.6 Å². The molecule has 0 saturated carbocycles. The fraction of sp³-hybridized carbons (Fsp3) is 0.423. The van der Waals surface area contributed by atoms with Gasteiger partial charge in [-0.2, -0.15) is 5.26 Å². The third kappa shape index (κ3) is 4.01. The molecule has 2 aliphatic heterocycles. The van der Waals surface area contributed by atoms with Gasteiger partial charge in [-0.1, -0.05) is 24.3 Å². The van der Waals surface area contributed by atoms with E-state index < -0.39 is 0 Å². The van der Waals surface area contributed by atoms with E-state index in [2.05, 4.69) is 17.0 Å². The van der Waals surface area contributed by atoms with Crippen molar-refractivity contribution in [2.24, 2.45) is 0 Å². The Balaban J connectivity index is 1.17. The van der Waals surface area contributed by atoms with Crippen molar-refractivity contribution in [3.05, 3.63) is 69.8 Å². The van der Waals surface area contributed by atoms with E-state index in [0.717, 1.165) is 63.0 Å². The first kappa shape index (κ1) is 20.7. The number of carbonyl (C=O) groups is 2. The molecule has 1 amide bonds. The van der Waals surface area contributed by atoms with Crippen LogP contribution in [0.2, 0.25) is 0 Å². The lowest BCUT2D eigenvalue weighted by molar-refractivity contribution is -0.136. The Morgan fingerprint density at radius 2 is 2.06 bits per heavy atom. The van der Waals surface area contributed by atoms with Gasteiger partial charge in [0.15, 0.2) is 0 Å². The maximum Gasteiger partial charge on any atom is 0.338 e. The summed E-state index contributed by atoms with van der Waals surface area (Å²) in [5, 5.41) is 9.42. The predicted molar refractivity (Wildman–Crippen MR) is 119 cm³/mol. The van der Waals surface area contributed by atoms with E-state index in [1.807, 2.05) is 35.2 Å². The Morgan fingerprint density at radius 3 is 2.91 bits per heavy atom. The Morgan fingerprint density at radius 1 is 1.16 bits per heavy atom. The molecule has 0 radical (unpaired) electrons. The number of rotatable bonds is 5. The van der Waals surface area contributed by atoms with Crippen LogP contribution in [-0.4, -0.2) is 54.4 Å². The summed E-state index contributed by atoms with van der Waals surface area (Å²) in [6.45, 7) is 3.99. The van der Waals surface area contributed by atoms with Crippen LogP contribution in [0.1, 0.15) is 56.9 Å². The van der Waals surface area contributed by atoms with Gasteiger partial charge in [-0.15, -0.1) is 0 Å². The number of nitrogens with zero attached hydrogens (tertiary/aromatic N) is 3. The molecule has 2 aromatic rings. The third-order valence-electron chi connectivity index (χ3n) is 7.06. The maximum absolute atomic E-state index is 12.9. The zero-order valence-electron chi connectivity index (χ0n) is 18.2. The smallest absolute Gasteiger partial charge is 0.338 e. The summed E-state index contributed by atoms with van der Waals surface area (Å²) < 4.78 is 5.08. The normalized spacial score (nSPS) is 20.5. The van der Waals surface area contributed by atoms with Crippen LogP contribution >= 0.6 is 0 Å². The molecule has 164 valence electrons. The van der Waals surface area contributed by atoms with Gasteiger partial charge in [-0.3, -0.25) is 9.69 Å². The number of piperazine rings is 1. The fourth-order valence-corrected chi connectivity index (χ4v) is 5.28. The summed E-state index contributed by atoms with van der Waals surface area (Å²) in [6, 6.07) is 14.2. The second-order valence-corrected chi connectivity index (χ2v) is 9.01. The van der Waals surface area contributed by atoms with Gasteiger partial charge in [0.25, 0.3) is 0 Å². The van der Waals surface area contributed by atoms with Crippen LogP contribution in [0.5, 0.6) is 0 Å². The Hall–Kier alpha value is -3.17. The molecule has 2 heterocycles. The minimum absolute atomic E-state index is 0.188. The van der Waals surface area contributed by atoms with E-state index in [1.165, 1.54) is 16.7 Å². The standard InChI is InChI=1S/C26H27N3O3/c27-14-19-3-1-6-23-20(4-2-5-22(19)23)15-29-12-11-28(16-25(29)30)10-9-18-7-8-24-21(13-18)17-32-26(24)31/h1,3,6-8,13,20H,2,4-5,9-12,15-17H2. The fourth-order valence-electron chi connectivity index (χ4n) is 5.28. The highest BCUT2D eigenvalue weighted by molar-refractivity contribution is 5.93. The van der Waals surface area contributed by atoms with Gasteiger partial charge in [-0.25, -0.2) is 4.79 Å². The van der Waals surface area contributed by atoms with Crippen LogP contribution in [0.4, 0.5) is 0 Å². The summed E-state index contributed by atoms with van der Waals surface area (Å²) in [4.78, 5) is 28.7. The van der Waals surface area contributed by atoms with Crippen molar-refractivity contribution in [2.45, 2.75) is 38.2 Å². The summed E-state index contributed by atoms with van der Waals surface area (Å²) in [5.74, 6) is 0.268. The average molecular weight is 430 g/mol. The van der Waals surface area contributed by atoms with Crippen LogP contribution in [0.25, 0.3) is 0 Å². The van der Waals surface area contributed by atoms with Crippen molar-refractivity contribution in [3.8, 4) is 6.07 Å². The molecule has 0 aromatic heterocycles. The molecule has 0 bridgehead atoms. The van der Waals surface area contributed by atoms with Gasteiger partial charge in [0.1, 0.15) is 6.61 Å². The molecule has 6 heteroatoms. The van der Waals surface area contributed by atoms with Crippen LogP contribution in [0.15, 0.2) is 36.4 Å². The van der Waals surface area contributed by atoms with Gasteiger partial charge >= 0.3 is 5.97 Å². The molecule has 0 spiro atoms. The molecule has 2 aromatic carbocycles. The van der Waals surface area contributed by atoms with Gasteiger partial charge < -0.3 is 9.64 Å². The van der Waals surface area contributed by atoms with E-state index in [4.69, 9.17) is 4.74 Å². The van der Waals surface area contributed by atoms with Crippen molar-refractivity contribution in [1.82, 2.24) is 9.80 Å². The summed E-state index contributed by atoms with van der Waals surface area (Å²) in [6.07, 6.45) is 3.95. The monoisotopic (exact) mass is 429 g/mol. The number of nitriles is 1. The van der Waals surface area contributed by atoms with E-state index in [-0.39, 0.29) is 11.9 Å². The highest BCUT2D eigenvalue weighted by atomic mass is 16.5. The summed E-state index contributed by atoms with van der Waals surface area (Å²) in [7, 11) is 0. The van der Waals surface area contributed by atoms with Crippen LogP contribution in [-0.2, 0) is 29.0 Å². The first-order valence-electron chi connectivity index (χ1n) is 11.4. The average Bonchev–Trinajstić information content (AvgIpc) is 3.19. The van der Waals surface area contributed by atoms with E-state index in [9.17, 15) is 14.9 Å². The molecule has 1 atom stereocenters. The first-order valence-corrected chi connectivity index (χ1v) is 11.4. The van der Waals surface area contributed by atoms with Crippen molar-refractivity contribution in [2.75, 3.05) is 32.7 Å². The number of cyclic esters (lactones) is 1. The number of fused-ring (bicyclic) bond motifs is 2. The first-order chi connectivity index (χ1) is 15.6. The number of amides is 1. The van der Waals surface area contributed by atoms with E-state index in [1.54, 1.807) is 0 Å². The van der Waals surface area contributed by atoms with Crippen molar-refractivity contribution in [1.29, 1.82) is 5.26 Å². The van der Waals surface area contributed by atoms with Crippen LogP contribution in [0, 0.1) is 11.3 Å². The van der Waals surface area contributed by atoms with E-state index in [0.29, 0.717) is 24.6 Å². The Labute approximate surface area is 188 Å². The van der Waals surface area contributed by atoms with Crippen LogP contribution in [0.3, 0.4) is 0 Å².